The van der Waals surface area contributed by atoms with Crippen LogP contribution in [0.5, 0.6) is 0 Å². The van der Waals surface area contributed by atoms with Crippen LogP contribution in [0.1, 0.15) is 43.7 Å². The van der Waals surface area contributed by atoms with Crippen molar-refractivity contribution in [2.24, 2.45) is 0 Å². The maximum absolute atomic E-state index is 12.7. The van der Waals surface area contributed by atoms with Crippen LogP contribution < -0.4 is 0 Å². The summed E-state index contributed by atoms with van der Waals surface area (Å²) in [5.74, 6) is -0.0178. The van der Waals surface area contributed by atoms with Gasteiger partial charge in [-0.2, -0.15) is 0 Å². The fraction of sp³-hybridized carbons (Fsp3) is 0.733. The molecule has 2 aliphatic heterocycles. The monoisotopic (exact) mass is 293 g/mol. The van der Waals surface area contributed by atoms with Crippen LogP contribution in [0.2, 0.25) is 0 Å². The number of amides is 1. The summed E-state index contributed by atoms with van der Waals surface area (Å²) in [6.45, 7) is 8.61. The Morgan fingerprint density at radius 1 is 1.52 bits per heavy atom. The Morgan fingerprint density at radius 3 is 2.95 bits per heavy atom. The molecule has 21 heavy (non-hydrogen) atoms. The van der Waals surface area contributed by atoms with Crippen LogP contribution in [0.4, 0.5) is 0 Å². The van der Waals surface area contributed by atoms with E-state index in [9.17, 15) is 4.79 Å². The maximum Gasteiger partial charge on any atom is 0.274 e. The van der Waals surface area contributed by atoms with Crippen molar-refractivity contribution in [3.05, 3.63) is 18.2 Å². The second-order valence-corrected chi connectivity index (χ2v) is 6.40. The summed E-state index contributed by atoms with van der Waals surface area (Å²) in [4.78, 5) is 18.8. The number of carbonyl (C=O) groups excluding carboxylic acids is 1. The average molecular weight is 293 g/mol. The smallest absolute Gasteiger partial charge is 0.274 e. The Balaban J connectivity index is 1.76. The summed E-state index contributed by atoms with van der Waals surface area (Å²) in [5, 5.41) is 0. The molecular formula is C15H23N3O3. The Hall–Kier alpha value is -1.40. The lowest BCUT2D eigenvalue weighted by molar-refractivity contribution is -0.138. The number of aromatic nitrogens is 2. The normalized spacial score (nSPS) is 29.5. The topological polar surface area (TPSA) is 56.6 Å². The van der Waals surface area contributed by atoms with Gasteiger partial charge in [-0.15, -0.1) is 0 Å². The number of rotatable bonds is 2. The lowest BCUT2D eigenvalue weighted by Gasteiger charge is -2.42. The summed E-state index contributed by atoms with van der Waals surface area (Å²) in [6, 6.07) is 0.303. The lowest BCUT2D eigenvalue weighted by atomic mass is 9.99. The van der Waals surface area contributed by atoms with E-state index in [2.05, 4.69) is 18.8 Å². The summed E-state index contributed by atoms with van der Waals surface area (Å²) in [5.41, 5.74) is 0.181. The van der Waals surface area contributed by atoms with Crippen LogP contribution in [-0.2, 0) is 9.47 Å². The van der Waals surface area contributed by atoms with Crippen molar-refractivity contribution in [2.75, 3.05) is 26.3 Å². The van der Waals surface area contributed by atoms with Gasteiger partial charge in [0.15, 0.2) is 0 Å². The van der Waals surface area contributed by atoms with Gasteiger partial charge in [0.25, 0.3) is 5.91 Å². The molecule has 6 nitrogen and oxygen atoms in total. The highest BCUT2D eigenvalue weighted by Crippen LogP contribution is 2.30. The van der Waals surface area contributed by atoms with Gasteiger partial charge in [-0.25, -0.2) is 4.98 Å². The molecule has 0 radical (unpaired) electrons. The van der Waals surface area contributed by atoms with Gasteiger partial charge in [0.1, 0.15) is 11.3 Å². The Labute approximate surface area is 125 Å². The minimum Gasteiger partial charge on any atom is -0.378 e. The van der Waals surface area contributed by atoms with Crippen molar-refractivity contribution < 1.29 is 14.3 Å². The summed E-state index contributed by atoms with van der Waals surface area (Å²) in [6.07, 6.45) is 4.42. The standard InChI is InChI=1S/C15H23N3O3/c1-11(2)18-7-13(16-10-18)14(19)17-6-12(3)21-15(8-17)4-5-20-9-15/h7,10-12H,4-6,8-9H2,1-3H3. The van der Waals surface area contributed by atoms with Crippen LogP contribution in [0.25, 0.3) is 0 Å². The minimum absolute atomic E-state index is 0.0178. The molecule has 0 saturated carbocycles. The Morgan fingerprint density at radius 2 is 2.33 bits per heavy atom. The molecule has 2 aliphatic rings. The van der Waals surface area contributed by atoms with Gasteiger partial charge in [-0.05, 0) is 20.8 Å². The summed E-state index contributed by atoms with van der Waals surface area (Å²) in [7, 11) is 0. The number of ether oxygens (including phenoxy) is 2. The zero-order chi connectivity index (χ0) is 15.0. The molecule has 1 aromatic rings. The lowest BCUT2D eigenvalue weighted by Crippen LogP contribution is -2.57. The van der Waals surface area contributed by atoms with Crippen molar-refractivity contribution in [2.45, 2.75) is 44.9 Å². The molecule has 2 atom stereocenters. The van der Waals surface area contributed by atoms with Crippen LogP contribution in [-0.4, -0.2) is 58.4 Å². The molecule has 1 aromatic heterocycles. The zero-order valence-corrected chi connectivity index (χ0v) is 12.9. The highest BCUT2D eigenvalue weighted by Gasteiger charge is 2.44. The molecule has 2 saturated heterocycles. The molecule has 3 rings (SSSR count). The molecule has 3 heterocycles. The summed E-state index contributed by atoms with van der Waals surface area (Å²) < 4.78 is 13.5. The molecule has 116 valence electrons. The SMILES string of the molecule is CC1CN(C(=O)c2cn(C(C)C)cn2)CC2(CCOC2)O1. The second-order valence-electron chi connectivity index (χ2n) is 6.40. The van der Waals surface area contributed by atoms with Gasteiger partial charge in [0, 0.05) is 31.8 Å². The van der Waals surface area contributed by atoms with Gasteiger partial charge < -0.3 is 18.9 Å². The second kappa shape index (κ2) is 5.42. The van der Waals surface area contributed by atoms with Crippen molar-refractivity contribution in [1.82, 2.24) is 14.5 Å². The van der Waals surface area contributed by atoms with E-state index < -0.39 is 0 Å². The highest BCUT2D eigenvalue weighted by molar-refractivity contribution is 5.92. The van der Waals surface area contributed by atoms with E-state index in [4.69, 9.17) is 9.47 Å². The van der Waals surface area contributed by atoms with E-state index >= 15 is 0 Å². The molecule has 0 aromatic carbocycles. The van der Waals surface area contributed by atoms with Gasteiger partial charge in [-0.1, -0.05) is 0 Å². The highest BCUT2D eigenvalue weighted by atomic mass is 16.6. The third-order valence-electron chi connectivity index (χ3n) is 4.18. The van der Waals surface area contributed by atoms with Gasteiger partial charge in [0.05, 0.1) is 25.6 Å². The largest absolute Gasteiger partial charge is 0.378 e. The quantitative estimate of drug-likeness (QED) is 0.829. The van der Waals surface area contributed by atoms with Gasteiger partial charge >= 0.3 is 0 Å². The Kier molecular flexibility index (Phi) is 3.75. The van der Waals surface area contributed by atoms with Crippen LogP contribution in [0.3, 0.4) is 0 Å². The fourth-order valence-corrected chi connectivity index (χ4v) is 3.08. The van der Waals surface area contributed by atoms with E-state index in [-0.39, 0.29) is 17.6 Å². The first-order chi connectivity index (χ1) is 9.99. The first kappa shape index (κ1) is 14.5. The molecule has 6 heteroatoms. The molecular weight excluding hydrogens is 270 g/mol. The first-order valence-corrected chi connectivity index (χ1v) is 7.57. The molecule has 2 unspecified atom stereocenters. The molecule has 1 spiro atoms. The Bertz CT molecular complexity index is 520. The van der Waals surface area contributed by atoms with Crippen LogP contribution >= 0.6 is 0 Å². The molecule has 2 fully saturated rings. The van der Waals surface area contributed by atoms with E-state index in [1.165, 1.54) is 0 Å². The minimum atomic E-state index is -0.325. The predicted molar refractivity (Wildman–Crippen MR) is 77.2 cm³/mol. The third kappa shape index (κ3) is 2.82. The number of hydrogen-bond donors (Lipinski definition) is 0. The molecule has 0 aliphatic carbocycles. The zero-order valence-electron chi connectivity index (χ0n) is 12.9. The van der Waals surface area contributed by atoms with E-state index in [1.54, 1.807) is 6.33 Å². The molecule has 0 N–H and O–H groups in total. The van der Waals surface area contributed by atoms with E-state index in [0.29, 0.717) is 38.0 Å². The van der Waals surface area contributed by atoms with Gasteiger partial charge in [0.2, 0.25) is 0 Å². The number of hydrogen-bond acceptors (Lipinski definition) is 4. The number of imidazole rings is 1. The van der Waals surface area contributed by atoms with Crippen molar-refractivity contribution in [1.29, 1.82) is 0 Å². The number of carbonyl (C=O) groups is 1. The number of nitrogens with zero attached hydrogens (tertiary/aromatic N) is 3. The third-order valence-corrected chi connectivity index (χ3v) is 4.18. The van der Waals surface area contributed by atoms with Crippen molar-refractivity contribution in [3.8, 4) is 0 Å². The average Bonchev–Trinajstić information content (AvgIpc) is 3.06. The van der Waals surface area contributed by atoms with E-state index in [0.717, 1.165) is 6.42 Å². The molecule has 0 bridgehead atoms. The first-order valence-electron chi connectivity index (χ1n) is 7.57. The van der Waals surface area contributed by atoms with Crippen LogP contribution in [0.15, 0.2) is 12.5 Å². The maximum atomic E-state index is 12.7. The molecule has 1 amide bonds. The predicted octanol–water partition coefficient (Wildman–Crippen LogP) is 1.48. The van der Waals surface area contributed by atoms with Crippen LogP contribution in [0, 0.1) is 0 Å². The van der Waals surface area contributed by atoms with E-state index in [1.807, 2.05) is 22.6 Å². The summed E-state index contributed by atoms with van der Waals surface area (Å²) >= 11 is 0. The van der Waals surface area contributed by atoms with Crippen molar-refractivity contribution >= 4 is 5.91 Å². The fourth-order valence-electron chi connectivity index (χ4n) is 3.08. The number of morpholine rings is 1. The van der Waals surface area contributed by atoms with Gasteiger partial charge in [-0.3, -0.25) is 4.79 Å². The van der Waals surface area contributed by atoms with Crippen molar-refractivity contribution in [3.63, 3.8) is 0 Å².